The Morgan fingerprint density at radius 1 is 1.39 bits per heavy atom. The Morgan fingerprint density at radius 3 is 2.44 bits per heavy atom. The zero-order chi connectivity index (χ0) is 13.9. The summed E-state index contributed by atoms with van der Waals surface area (Å²) in [6.45, 7) is 8.78. The molecule has 18 heavy (non-hydrogen) atoms. The number of carboxylic acid groups (broad SMARTS) is 1. The molecule has 0 aromatic rings. The van der Waals surface area contributed by atoms with Gasteiger partial charge in [0, 0.05) is 10.5 Å². The molecule has 1 saturated carbocycles. The first-order valence-corrected chi connectivity index (χ1v) is 7.69. The van der Waals surface area contributed by atoms with E-state index in [0.717, 1.165) is 19.3 Å². The van der Waals surface area contributed by atoms with Crippen LogP contribution in [0.15, 0.2) is 0 Å². The summed E-state index contributed by atoms with van der Waals surface area (Å²) in [7, 11) is 0. The van der Waals surface area contributed by atoms with Crippen LogP contribution in [0.4, 0.5) is 0 Å². The maximum absolute atomic E-state index is 11.3. The summed E-state index contributed by atoms with van der Waals surface area (Å²) in [6, 6.07) is 0. The largest absolute Gasteiger partial charge is 0.481 e. The third kappa shape index (κ3) is 4.16. The van der Waals surface area contributed by atoms with Gasteiger partial charge in [0.2, 0.25) is 0 Å². The van der Waals surface area contributed by atoms with Crippen molar-refractivity contribution < 1.29 is 15.0 Å². The first-order valence-electron chi connectivity index (χ1n) is 6.74. The van der Waals surface area contributed by atoms with Crippen molar-refractivity contribution in [1.29, 1.82) is 0 Å². The number of carbonyl (C=O) groups is 1. The van der Waals surface area contributed by atoms with Crippen LogP contribution >= 0.6 is 11.8 Å². The monoisotopic (exact) mass is 274 g/mol. The molecule has 106 valence electrons. The summed E-state index contributed by atoms with van der Waals surface area (Å²) in [6.07, 6.45) is 2.73. The lowest BCUT2D eigenvalue weighted by Crippen LogP contribution is -2.38. The number of aliphatic carboxylic acids is 1. The first kappa shape index (κ1) is 15.8. The highest BCUT2D eigenvalue weighted by Gasteiger charge is 2.39. The Kier molecular flexibility index (Phi) is 5.53. The Morgan fingerprint density at radius 2 is 2.00 bits per heavy atom. The van der Waals surface area contributed by atoms with Gasteiger partial charge in [-0.05, 0) is 30.6 Å². The van der Waals surface area contributed by atoms with E-state index in [2.05, 4.69) is 20.8 Å². The summed E-state index contributed by atoms with van der Waals surface area (Å²) in [5, 5.41) is 18.7. The molecule has 1 rings (SSSR count). The van der Waals surface area contributed by atoms with Crippen LogP contribution in [0.3, 0.4) is 0 Å². The van der Waals surface area contributed by atoms with Crippen molar-refractivity contribution in [1.82, 2.24) is 0 Å². The van der Waals surface area contributed by atoms with Gasteiger partial charge in [-0.1, -0.05) is 27.7 Å². The molecular formula is C14H26O3S. The van der Waals surface area contributed by atoms with E-state index in [4.69, 9.17) is 5.11 Å². The lowest BCUT2D eigenvalue weighted by molar-refractivity contribution is -0.143. The molecule has 4 heteroatoms. The molecular weight excluding hydrogens is 248 g/mol. The third-order valence-electron chi connectivity index (χ3n) is 4.00. The molecule has 0 saturated heterocycles. The number of hydrogen-bond donors (Lipinski definition) is 2. The quantitative estimate of drug-likeness (QED) is 0.827. The minimum Gasteiger partial charge on any atom is -0.481 e. The van der Waals surface area contributed by atoms with Gasteiger partial charge in [-0.15, -0.1) is 0 Å². The summed E-state index contributed by atoms with van der Waals surface area (Å²) >= 11 is 1.65. The molecule has 3 nitrogen and oxygen atoms in total. The molecule has 1 aliphatic rings. The molecule has 0 bridgehead atoms. The number of carboxylic acids is 1. The second kappa shape index (κ2) is 6.29. The minimum absolute atomic E-state index is 0.119. The predicted molar refractivity (Wildman–Crippen MR) is 75.8 cm³/mol. The summed E-state index contributed by atoms with van der Waals surface area (Å²) < 4.78 is 0. The van der Waals surface area contributed by atoms with Gasteiger partial charge in [-0.25, -0.2) is 0 Å². The van der Waals surface area contributed by atoms with E-state index in [-0.39, 0.29) is 28.4 Å². The fourth-order valence-electron chi connectivity index (χ4n) is 2.69. The summed E-state index contributed by atoms with van der Waals surface area (Å²) in [5.41, 5.74) is 0.241. The standard InChI is InChI=1S/C14H26O3S/c1-9(8-15)18-12-7-10(14(2,3)4)5-6-11(12)13(16)17/h9-12,15H,5-8H2,1-4H3,(H,16,17). The Bertz CT molecular complexity index is 285. The molecule has 0 radical (unpaired) electrons. The van der Waals surface area contributed by atoms with Crippen LogP contribution in [0.25, 0.3) is 0 Å². The van der Waals surface area contributed by atoms with E-state index >= 15 is 0 Å². The van der Waals surface area contributed by atoms with Gasteiger partial charge in [0.25, 0.3) is 0 Å². The molecule has 0 aromatic heterocycles. The van der Waals surface area contributed by atoms with Crippen LogP contribution in [0.2, 0.25) is 0 Å². The van der Waals surface area contributed by atoms with E-state index in [0.29, 0.717) is 5.92 Å². The van der Waals surface area contributed by atoms with Gasteiger partial charge >= 0.3 is 5.97 Å². The second-order valence-electron chi connectivity index (χ2n) is 6.49. The summed E-state index contributed by atoms with van der Waals surface area (Å²) in [5.74, 6) is -0.343. The lowest BCUT2D eigenvalue weighted by atomic mass is 9.69. The van der Waals surface area contributed by atoms with Crippen molar-refractivity contribution in [2.45, 2.75) is 57.5 Å². The zero-order valence-electron chi connectivity index (χ0n) is 11.8. The molecule has 4 atom stereocenters. The maximum atomic E-state index is 11.3. The minimum atomic E-state index is -0.676. The van der Waals surface area contributed by atoms with Crippen LogP contribution in [-0.2, 0) is 4.79 Å². The van der Waals surface area contributed by atoms with Crippen LogP contribution in [0.5, 0.6) is 0 Å². The van der Waals surface area contributed by atoms with E-state index in [1.165, 1.54) is 0 Å². The fraction of sp³-hybridized carbons (Fsp3) is 0.929. The molecule has 0 spiro atoms. The van der Waals surface area contributed by atoms with Crippen molar-refractivity contribution in [3.05, 3.63) is 0 Å². The van der Waals surface area contributed by atoms with E-state index in [9.17, 15) is 9.90 Å². The van der Waals surface area contributed by atoms with Crippen LogP contribution in [-0.4, -0.2) is 33.3 Å². The number of aliphatic hydroxyl groups excluding tert-OH is 1. The number of aliphatic hydroxyl groups is 1. The molecule has 0 amide bonds. The topological polar surface area (TPSA) is 57.5 Å². The highest BCUT2D eigenvalue weighted by atomic mass is 32.2. The number of rotatable bonds is 4. The van der Waals surface area contributed by atoms with Crippen molar-refractivity contribution >= 4 is 17.7 Å². The molecule has 4 unspecified atom stereocenters. The second-order valence-corrected chi connectivity index (χ2v) is 8.17. The molecule has 2 N–H and O–H groups in total. The van der Waals surface area contributed by atoms with Crippen molar-refractivity contribution in [3.8, 4) is 0 Å². The van der Waals surface area contributed by atoms with Gasteiger partial charge in [0.1, 0.15) is 0 Å². The molecule has 1 aliphatic carbocycles. The van der Waals surface area contributed by atoms with Crippen molar-refractivity contribution in [2.24, 2.45) is 17.3 Å². The normalized spacial score (nSPS) is 31.1. The highest BCUT2D eigenvalue weighted by Crippen LogP contribution is 2.44. The maximum Gasteiger partial charge on any atom is 0.307 e. The smallest absolute Gasteiger partial charge is 0.307 e. The zero-order valence-corrected chi connectivity index (χ0v) is 12.7. The van der Waals surface area contributed by atoms with Gasteiger partial charge in [0.15, 0.2) is 0 Å². The number of hydrogen-bond acceptors (Lipinski definition) is 3. The molecule has 1 fully saturated rings. The Hall–Kier alpha value is -0.220. The van der Waals surface area contributed by atoms with Crippen molar-refractivity contribution in [3.63, 3.8) is 0 Å². The average Bonchev–Trinajstić information content (AvgIpc) is 2.27. The van der Waals surface area contributed by atoms with Gasteiger partial charge in [-0.3, -0.25) is 4.79 Å². The van der Waals surface area contributed by atoms with Gasteiger partial charge < -0.3 is 10.2 Å². The summed E-state index contributed by atoms with van der Waals surface area (Å²) in [4.78, 5) is 11.3. The fourth-order valence-corrected chi connectivity index (χ4v) is 4.16. The highest BCUT2D eigenvalue weighted by molar-refractivity contribution is 8.00. The lowest BCUT2D eigenvalue weighted by Gasteiger charge is -2.40. The Balaban J connectivity index is 2.73. The molecule has 0 aromatic carbocycles. The van der Waals surface area contributed by atoms with Gasteiger partial charge in [-0.2, -0.15) is 11.8 Å². The first-order chi connectivity index (χ1) is 8.25. The average molecular weight is 274 g/mol. The Labute approximate surface area is 114 Å². The van der Waals surface area contributed by atoms with Crippen LogP contribution < -0.4 is 0 Å². The van der Waals surface area contributed by atoms with Crippen molar-refractivity contribution in [2.75, 3.05) is 6.61 Å². The van der Waals surface area contributed by atoms with E-state index < -0.39 is 5.97 Å². The van der Waals surface area contributed by atoms with Gasteiger partial charge in [0.05, 0.1) is 12.5 Å². The SMILES string of the molecule is CC(CO)SC1CC(C(C)(C)C)CCC1C(=O)O. The van der Waals surface area contributed by atoms with E-state index in [1.54, 1.807) is 11.8 Å². The van der Waals surface area contributed by atoms with Crippen LogP contribution in [0, 0.1) is 17.3 Å². The predicted octanol–water partition coefficient (Wildman–Crippen LogP) is 3.02. The molecule has 0 heterocycles. The van der Waals surface area contributed by atoms with Crippen LogP contribution in [0.1, 0.15) is 47.0 Å². The third-order valence-corrected chi connectivity index (χ3v) is 5.48. The van der Waals surface area contributed by atoms with E-state index in [1.807, 2.05) is 6.92 Å². The number of thioether (sulfide) groups is 1. The molecule has 0 aliphatic heterocycles.